The molecule has 1 aromatic rings. The summed E-state index contributed by atoms with van der Waals surface area (Å²) >= 11 is 0. The monoisotopic (exact) mass is 183 g/mol. The molecule has 0 bridgehead atoms. The van der Waals surface area contributed by atoms with Crippen molar-refractivity contribution in [1.82, 2.24) is 15.0 Å². The Bertz CT molecular complexity index is 268. The molecule has 1 atom stereocenters. The number of nitrogens with zero attached hydrogens (tertiary/aromatic N) is 3. The van der Waals surface area contributed by atoms with E-state index in [9.17, 15) is 5.11 Å². The van der Waals surface area contributed by atoms with Crippen molar-refractivity contribution in [1.29, 1.82) is 0 Å². The van der Waals surface area contributed by atoms with E-state index >= 15 is 0 Å². The fourth-order valence-electron chi connectivity index (χ4n) is 1.23. The normalized spacial score (nSPS) is 15.7. The third kappa shape index (κ3) is 2.06. The fourth-order valence-corrected chi connectivity index (χ4v) is 1.23. The summed E-state index contributed by atoms with van der Waals surface area (Å²) in [4.78, 5) is 0. The lowest BCUT2D eigenvalue weighted by atomic mass is 10.00. The lowest BCUT2D eigenvalue weighted by Gasteiger charge is -2.21. The van der Waals surface area contributed by atoms with Crippen molar-refractivity contribution >= 4 is 0 Å². The Balaban J connectivity index is 2.93. The summed E-state index contributed by atoms with van der Waals surface area (Å²) in [6, 6.07) is 0. The van der Waals surface area contributed by atoms with Crippen molar-refractivity contribution in [3.05, 3.63) is 11.9 Å². The first-order chi connectivity index (χ1) is 6.11. The lowest BCUT2D eigenvalue weighted by Crippen LogP contribution is -2.24. The predicted molar refractivity (Wildman–Crippen MR) is 50.2 cm³/mol. The highest BCUT2D eigenvalue weighted by molar-refractivity contribution is 5.05. The molecule has 0 saturated heterocycles. The molecular formula is C9H17N3O. The van der Waals surface area contributed by atoms with Crippen molar-refractivity contribution in [3.8, 4) is 0 Å². The minimum Gasteiger partial charge on any atom is -0.384 e. The van der Waals surface area contributed by atoms with E-state index in [4.69, 9.17) is 0 Å². The van der Waals surface area contributed by atoms with Crippen molar-refractivity contribution in [2.45, 2.75) is 45.8 Å². The van der Waals surface area contributed by atoms with Gasteiger partial charge in [0.2, 0.25) is 0 Å². The zero-order chi connectivity index (χ0) is 9.90. The number of hydrogen-bond acceptors (Lipinski definition) is 3. The third-order valence-electron chi connectivity index (χ3n) is 2.29. The van der Waals surface area contributed by atoms with Gasteiger partial charge in [0.05, 0.1) is 11.9 Å². The van der Waals surface area contributed by atoms with Gasteiger partial charge in [0.1, 0.15) is 5.60 Å². The Morgan fingerprint density at radius 2 is 2.23 bits per heavy atom. The molecule has 1 aromatic heterocycles. The van der Waals surface area contributed by atoms with Gasteiger partial charge in [-0.05, 0) is 19.8 Å². The molecule has 1 rings (SSSR count). The maximum absolute atomic E-state index is 9.99. The van der Waals surface area contributed by atoms with E-state index in [1.54, 1.807) is 17.8 Å². The maximum Gasteiger partial charge on any atom is 0.105 e. The van der Waals surface area contributed by atoms with Crippen molar-refractivity contribution in [3.63, 3.8) is 0 Å². The van der Waals surface area contributed by atoms with Crippen molar-refractivity contribution in [2.75, 3.05) is 0 Å². The Kier molecular flexibility index (Phi) is 3.03. The van der Waals surface area contributed by atoms with Gasteiger partial charge in [-0.1, -0.05) is 19.1 Å². The van der Waals surface area contributed by atoms with Gasteiger partial charge in [0.15, 0.2) is 0 Å². The molecule has 0 aromatic carbocycles. The van der Waals surface area contributed by atoms with Crippen LogP contribution in [0.1, 0.15) is 39.3 Å². The van der Waals surface area contributed by atoms with Crippen LogP contribution in [0.15, 0.2) is 6.20 Å². The number of aromatic nitrogens is 3. The number of hydrogen-bond donors (Lipinski definition) is 1. The molecule has 13 heavy (non-hydrogen) atoms. The minimum atomic E-state index is -0.807. The molecule has 0 radical (unpaired) electrons. The quantitative estimate of drug-likeness (QED) is 0.765. The molecule has 1 unspecified atom stereocenters. The average molecular weight is 183 g/mol. The maximum atomic E-state index is 9.99. The van der Waals surface area contributed by atoms with Gasteiger partial charge >= 0.3 is 0 Å². The second-order valence-corrected chi connectivity index (χ2v) is 3.47. The SMILES string of the molecule is CCCn1nncc1C(C)(O)CC. The second kappa shape index (κ2) is 3.87. The molecule has 1 N–H and O–H groups in total. The molecule has 0 spiro atoms. The first-order valence-corrected chi connectivity index (χ1v) is 4.73. The van der Waals surface area contributed by atoms with Crippen LogP contribution < -0.4 is 0 Å². The first kappa shape index (κ1) is 10.2. The average Bonchev–Trinajstić information content (AvgIpc) is 2.54. The predicted octanol–water partition coefficient (Wildman–Crippen LogP) is 1.31. The van der Waals surface area contributed by atoms with Crippen LogP contribution in [0.5, 0.6) is 0 Å². The minimum absolute atomic E-state index is 0.671. The Hall–Kier alpha value is -0.900. The Labute approximate surface area is 78.6 Å². The Morgan fingerprint density at radius 1 is 1.54 bits per heavy atom. The van der Waals surface area contributed by atoms with Crippen LogP contribution in [0.25, 0.3) is 0 Å². The van der Waals surface area contributed by atoms with Gasteiger partial charge in [-0.3, -0.25) is 0 Å². The lowest BCUT2D eigenvalue weighted by molar-refractivity contribution is 0.0433. The van der Waals surface area contributed by atoms with Crippen molar-refractivity contribution in [2.24, 2.45) is 0 Å². The molecule has 0 aliphatic rings. The molecule has 0 aliphatic heterocycles. The van der Waals surface area contributed by atoms with Crippen LogP contribution in [0, 0.1) is 0 Å². The largest absolute Gasteiger partial charge is 0.384 e. The highest BCUT2D eigenvalue weighted by atomic mass is 16.3. The highest BCUT2D eigenvalue weighted by Crippen LogP contribution is 2.22. The smallest absolute Gasteiger partial charge is 0.105 e. The second-order valence-electron chi connectivity index (χ2n) is 3.47. The summed E-state index contributed by atoms with van der Waals surface area (Å²) in [5.41, 5.74) is -0.00424. The van der Waals surface area contributed by atoms with E-state index in [0.717, 1.165) is 18.7 Å². The number of rotatable bonds is 4. The molecular weight excluding hydrogens is 166 g/mol. The van der Waals surface area contributed by atoms with Gasteiger partial charge in [0, 0.05) is 6.54 Å². The van der Waals surface area contributed by atoms with Crippen LogP contribution in [-0.2, 0) is 12.1 Å². The molecule has 4 nitrogen and oxygen atoms in total. The molecule has 4 heteroatoms. The van der Waals surface area contributed by atoms with Gasteiger partial charge < -0.3 is 5.11 Å². The van der Waals surface area contributed by atoms with E-state index in [1.807, 2.05) is 6.92 Å². The van der Waals surface area contributed by atoms with E-state index < -0.39 is 5.60 Å². The molecule has 74 valence electrons. The Morgan fingerprint density at radius 3 is 2.77 bits per heavy atom. The van der Waals surface area contributed by atoms with Gasteiger partial charge in [-0.25, -0.2) is 4.68 Å². The van der Waals surface area contributed by atoms with E-state index in [1.165, 1.54) is 0 Å². The van der Waals surface area contributed by atoms with Crippen LogP contribution >= 0.6 is 0 Å². The van der Waals surface area contributed by atoms with Gasteiger partial charge in [-0.15, -0.1) is 5.10 Å². The molecule has 0 aliphatic carbocycles. The van der Waals surface area contributed by atoms with Crippen LogP contribution in [-0.4, -0.2) is 20.1 Å². The summed E-state index contributed by atoms with van der Waals surface area (Å²) < 4.78 is 1.77. The summed E-state index contributed by atoms with van der Waals surface area (Å²) in [5.74, 6) is 0. The number of aliphatic hydroxyl groups is 1. The van der Waals surface area contributed by atoms with Crippen molar-refractivity contribution < 1.29 is 5.11 Å². The summed E-state index contributed by atoms with van der Waals surface area (Å²) in [6.07, 6.45) is 3.30. The van der Waals surface area contributed by atoms with Crippen LogP contribution in [0.4, 0.5) is 0 Å². The zero-order valence-electron chi connectivity index (χ0n) is 8.49. The van der Waals surface area contributed by atoms with E-state index in [0.29, 0.717) is 6.42 Å². The van der Waals surface area contributed by atoms with Crippen LogP contribution in [0.3, 0.4) is 0 Å². The highest BCUT2D eigenvalue weighted by Gasteiger charge is 2.25. The molecule has 0 fully saturated rings. The fraction of sp³-hybridized carbons (Fsp3) is 0.778. The standard InChI is InChI=1S/C9H17N3O/c1-4-6-12-8(7-10-11-12)9(3,13)5-2/h7,13H,4-6H2,1-3H3. The molecule has 0 saturated carbocycles. The molecule has 0 amide bonds. The molecule has 1 heterocycles. The van der Waals surface area contributed by atoms with E-state index in [-0.39, 0.29) is 0 Å². The topological polar surface area (TPSA) is 50.9 Å². The van der Waals surface area contributed by atoms with Gasteiger partial charge in [-0.2, -0.15) is 0 Å². The summed E-state index contributed by atoms with van der Waals surface area (Å²) in [6.45, 7) is 6.62. The first-order valence-electron chi connectivity index (χ1n) is 4.73. The summed E-state index contributed by atoms with van der Waals surface area (Å²) in [5, 5.41) is 17.7. The zero-order valence-corrected chi connectivity index (χ0v) is 8.49. The third-order valence-corrected chi connectivity index (χ3v) is 2.29. The summed E-state index contributed by atoms with van der Waals surface area (Å²) in [7, 11) is 0. The van der Waals surface area contributed by atoms with E-state index in [2.05, 4.69) is 17.2 Å². The number of aryl methyl sites for hydroxylation is 1. The van der Waals surface area contributed by atoms with Crippen LogP contribution in [0.2, 0.25) is 0 Å². The van der Waals surface area contributed by atoms with Gasteiger partial charge in [0.25, 0.3) is 0 Å².